The van der Waals surface area contributed by atoms with Crippen LogP contribution in [0.3, 0.4) is 0 Å². The molecular formula is C22H23N3O3. The van der Waals surface area contributed by atoms with Crippen LogP contribution < -0.4 is 10.6 Å². The molecule has 0 saturated carbocycles. The van der Waals surface area contributed by atoms with E-state index in [9.17, 15) is 9.59 Å². The van der Waals surface area contributed by atoms with E-state index in [4.69, 9.17) is 4.74 Å². The zero-order chi connectivity index (χ0) is 20.3. The molecule has 3 aromatic rings. The lowest BCUT2D eigenvalue weighted by atomic mass is 10.0. The van der Waals surface area contributed by atoms with E-state index < -0.39 is 0 Å². The van der Waals surface area contributed by atoms with Crippen LogP contribution in [0, 0.1) is 20.8 Å². The van der Waals surface area contributed by atoms with Crippen LogP contribution in [0.15, 0.2) is 42.5 Å². The Morgan fingerprint density at radius 1 is 1.00 bits per heavy atom. The number of benzene rings is 2. The first-order valence-electron chi connectivity index (χ1n) is 8.97. The number of hydrogen-bond acceptors (Lipinski definition) is 4. The van der Waals surface area contributed by atoms with Gasteiger partial charge in [0.15, 0.2) is 0 Å². The highest BCUT2D eigenvalue weighted by Crippen LogP contribution is 2.24. The van der Waals surface area contributed by atoms with E-state index in [0.29, 0.717) is 16.9 Å². The number of hydrogen-bond donors (Lipinski definition) is 2. The van der Waals surface area contributed by atoms with Gasteiger partial charge < -0.3 is 15.4 Å². The molecule has 0 unspecified atom stereocenters. The van der Waals surface area contributed by atoms with Gasteiger partial charge in [-0.25, -0.2) is 0 Å². The largest absolute Gasteiger partial charge is 0.375 e. The van der Waals surface area contributed by atoms with E-state index in [1.165, 1.54) is 7.11 Å². The van der Waals surface area contributed by atoms with Gasteiger partial charge in [-0.3, -0.25) is 14.6 Å². The molecule has 0 spiro atoms. The molecule has 6 nitrogen and oxygen atoms in total. The molecule has 3 rings (SSSR count). The van der Waals surface area contributed by atoms with E-state index in [0.717, 1.165) is 27.7 Å². The maximum absolute atomic E-state index is 12.9. The summed E-state index contributed by atoms with van der Waals surface area (Å²) in [7, 11) is 1.47. The summed E-state index contributed by atoms with van der Waals surface area (Å²) in [6.07, 6.45) is 0. The number of aromatic nitrogens is 1. The SMILES string of the molecule is COCC(=O)Nc1ccc(NC(=O)c2cc(C)nc3c(C)cccc23)cc1C. The molecule has 0 bridgehead atoms. The van der Waals surface area contributed by atoms with Crippen molar-refractivity contribution in [3.63, 3.8) is 0 Å². The zero-order valence-corrected chi connectivity index (χ0v) is 16.4. The highest BCUT2D eigenvalue weighted by atomic mass is 16.5. The number of aryl methyl sites for hydroxylation is 3. The number of amides is 2. The summed E-state index contributed by atoms with van der Waals surface area (Å²) < 4.78 is 4.82. The van der Waals surface area contributed by atoms with E-state index in [-0.39, 0.29) is 18.4 Å². The Morgan fingerprint density at radius 2 is 1.79 bits per heavy atom. The van der Waals surface area contributed by atoms with Crippen molar-refractivity contribution < 1.29 is 14.3 Å². The number of fused-ring (bicyclic) bond motifs is 1. The summed E-state index contributed by atoms with van der Waals surface area (Å²) in [6.45, 7) is 5.72. The molecule has 1 aromatic heterocycles. The van der Waals surface area contributed by atoms with Crippen molar-refractivity contribution in [2.45, 2.75) is 20.8 Å². The molecule has 0 fully saturated rings. The summed E-state index contributed by atoms with van der Waals surface area (Å²) in [5.74, 6) is -0.423. The first-order valence-corrected chi connectivity index (χ1v) is 8.97. The van der Waals surface area contributed by atoms with Crippen LogP contribution in [-0.2, 0) is 9.53 Å². The number of nitrogens with one attached hydrogen (secondary N) is 2. The minimum Gasteiger partial charge on any atom is -0.375 e. The van der Waals surface area contributed by atoms with Gasteiger partial charge in [0.2, 0.25) is 5.91 Å². The minimum absolute atomic E-state index is 0.00812. The summed E-state index contributed by atoms with van der Waals surface area (Å²) >= 11 is 0. The Balaban J connectivity index is 1.86. The summed E-state index contributed by atoms with van der Waals surface area (Å²) in [4.78, 5) is 29.2. The summed E-state index contributed by atoms with van der Waals surface area (Å²) in [6, 6.07) is 12.9. The van der Waals surface area contributed by atoms with Crippen molar-refractivity contribution in [1.29, 1.82) is 0 Å². The number of rotatable bonds is 5. The molecule has 0 atom stereocenters. The van der Waals surface area contributed by atoms with Crippen LogP contribution in [-0.4, -0.2) is 30.5 Å². The van der Waals surface area contributed by atoms with Crippen LogP contribution in [0.25, 0.3) is 10.9 Å². The summed E-state index contributed by atoms with van der Waals surface area (Å²) in [5, 5.41) is 6.54. The number of ether oxygens (including phenoxy) is 1. The normalized spacial score (nSPS) is 10.7. The predicted octanol–water partition coefficient (Wildman–Crippen LogP) is 4.00. The van der Waals surface area contributed by atoms with Crippen LogP contribution in [0.1, 0.15) is 27.2 Å². The molecule has 1 heterocycles. The number of carbonyl (C=O) groups is 2. The van der Waals surface area contributed by atoms with Gasteiger partial charge in [-0.2, -0.15) is 0 Å². The Morgan fingerprint density at radius 3 is 2.50 bits per heavy atom. The van der Waals surface area contributed by atoms with Crippen molar-refractivity contribution in [3.05, 3.63) is 64.8 Å². The van der Waals surface area contributed by atoms with Gasteiger partial charge in [0, 0.05) is 29.6 Å². The van der Waals surface area contributed by atoms with Crippen molar-refractivity contribution in [1.82, 2.24) is 4.98 Å². The van der Waals surface area contributed by atoms with Gasteiger partial charge in [-0.05, 0) is 56.2 Å². The lowest BCUT2D eigenvalue weighted by Crippen LogP contribution is -2.18. The molecule has 0 aliphatic heterocycles. The summed E-state index contributed by atoms with van der Waals surface area (Å²) in [5.41, 5.74) is 5.42. The molecule has 0 saturated heterocycles. The van der Waals surface area contributed by atoms with E-state index in [1.54, 1.807) is 18.2 Å². The fourth-order valence-electron chi connectivity index (χ4n) is 3.11. The topological polar surface area (TPSA) is 80.3 Å². The second-order valence-corrected chi connectivity index (χ2v) is 6.75. The Hall–Kier alpha value is -3.25. The average Bonchev–Trinajstić information content (AvgIpc) is 2.64. The smallest absolute Gasteiger partial charge is 0.256 e. The first-order chi connectivity index (χ1) is 13.4. The Labute approximate surface area is 163 Å². The van der Waals surface area contributed by atoms with Crippen molar-refractivity contribution in [2.24, 2.45) is 0 Å². The van der Waals surface area contributed by atoms with Gasteiger partial charge in [-0.15, -0.1) is 0 Å². The van der Waals surface area contributed by atoms with Crippen LogP contribution in [0.4, 0.5) is 11.4 Å². The number of methoxy groups -OCH3 is 1. The predicted molar refractivity (Wildman–Crippen MR) is 111 cm³/mol. The zero-order valence-electron chi connectivity index (χ0n) is 16.4. The molecular weight excluding hydrogens is 354 g/mol. The third-order valence-electron chi connectivity index (χ3n) is 4.45. The van der Waals surface area contributed by atoms with Crippen molar-refractivity contribution in [2.75, 3.05) is 24.4 Å². The maximum Gasteiger partial charge on any atom is 0.256 e. The molecule has 0 aliphatic carbocycles. The lowest BCUT2D eigenvalue weighted by molar-refractivity contribution is -0.119. The fraction of sp³-hybridized carbons (Fsp3) is 0.227. The molecule has 28 heavy (non-hydrogen) atoms. The van der Waals surface area contributed by atoms with Crippen LogP contribution in [0.2, 0.25) is 0 Å². The molecule has 2 amide bonds. The van der Waals surface area contributed by atoms with Gasteiger partial charge in [-0.1, -0.05) is 18.2 Å². The number of anilines is 2. The second-order valence-electron chi connectivity index (χ2n) is 6.75. The standard InChI is InChI=1S/C22H23N3O3/c1-13-6-5-7-17-18(11-15(3)23-21(13)17)22(27)24-16-8-9-19(14(2)10-16)25-20(26)12-28-4/h5-11H,12H2,1-4H3,(H,24,27)(H,25,26). The molecule has 6 heteroatoms. The third-order valence-corrected chi connectivity index (χ3v) is 4.45. The molecule has 2 aromatic carbocycles. The van der Waals surface area contributed by atoms with Crippen molar-refractivity contribution in [3.8, 4) is 0 Å². The monoisotopic (exact) mass is 377 g/mol. The minimum atomic E-state index is -0.225. The van der Waals surface area contributed by atoms with Gasteiger partial charge in [0.25, 0.3) is 5.91 Å². The molecule has 2 N–H and O–H groups in total. The van der Waals surface area contributed by atoms with Crippen LogP contribution in [0.5, 0.6) is 0 Å². The lowest BCUT2D eigenvalue weighted by Gasteiger charge is -2.13. The fourth-order valence-corrected chi connectivity index (χ4v) is 3.11. The van der Waals surface area contributed by atoms with E-state index in [2.05, 4.69) is 15.6 Å². The van der Waals surface area contributed by atoms with Gasteiger partial charge in [0.1, 0.15) is 6.61 Å². The quantitative estimate of drug-likeness (QED) is 0.704. The molecule has 144 valence electrons. The van der Waals surface area contributed by atoms with E-state index in [1.807, 2.05) is 45.0 Å². The molecule has 0 radical (unpaired) electrons. The van der Waals surface area contributed by atoms with Crippen LogP contribution >= 0.6 is 0 Å². The number of pyridine rings is 1. The maximum atomic E-state index is 12.9. The Bertz CT molecular complexity index is 1060. The van der Waals surface area contributed by atoms with Crippen molar-refractivity contribution >= 4 is 34.1 Å². The average molecular weight is 377 g/mol. The number of para-hydroxylation sites is 1. The van der Waals surface area contributed by atoms with E-state index >= 15 is 0 Å². The van der Waals surface area contributed by atoms with Gasteiger partial charge >= 0.3 is 0 Å². The Kier molecular flexibility index (Phi) is 5.70. The third kappa shape index (κ3) is 4.18. The highest BCUT2D eigenvalue weighted by Gasteiger charge is 2.14. The van der Waals surface area contributed by atoms with Gasteiger partial charge in [0.05, 0.1) is 11.1 Å². The number of nitrogens with zero attached hydrogens (tertiary/aromatic N) is 1. The number of carbonyl (C=O) groups excluding carboxylic acids is 2. The highest BCUT2D eigenvalue weighted by molar-refractivity contribution is 6.12. The first kappa shape index (κ1) is 19.5. The second kappa shape index (κ2) is 8.19. The molecule has 0 aliphatic rings.